The molecule has 1 saturated carbocycles. The first-order valence-corrected chi connectivity index (χ1v) is 13.9. The van der Waals surface area contributed by atoms with Crippen LogP contribution in [0.4, 0.5) is 23.9 Å². The van der Waals surface area contributed by atoms with Crippen LogP contribution in [0.15, 0.2) is 47.3 Å². The lowest BCUT2D eigenvalue weighted by molar-refractivity contribution is -0.383. The number of piperazine rings is 1. The Labute approximate surface area is 222 Å². The average Bonchev–Trinajstić information content (AvgIpc) is 2.90. The first kappa shape index (κ1) is 26.6. The number of anilines is 1. The van der Waals surface area contributed by atoms with Crippen molar-refractivity contribution in [3.8, 4) is 0 Å². The molecule has 1 aliphatic heterocycles. The molecule has 2 heterocycles. The Morgan fingerprint density at radius 2 is 1.68 bits per heavy atom. The molecule has 0 spiro atoms. The van der Waals surface area contributed by atoms with Gasteiger partial charge in [0.2, 0.25) is 0 Å². The molecule has 38 heavy (non-hydrogen) atoms. The summed E-state index contributed by atoms with van der Waals surface area (Å²) in [5, 5.41) is 12.2. The van der Waals surface area contributed by atoms with Crippen molar-refractivity contribution >= 4 is 32.1 Å². The number of rotatable bonds is 6. The van der Waals surface area contributed by atoms with E-state index in [9.17, 15) is 28.1 Å². The number of benzene rings is 2. The maximum Gasteiger partial charge on any atom is 0.416 e. The van der Waals surface area contributed by atoms with Crippen LogP contribution in [-0.4, -0.2) is 42.5 Å². The molecule has 6 nitrogen and oxygen atoms in total. The lowest BCUT2D eigenvalue weighted by Gasteiger charge is -2.38. The molecule has 0 bridgehead atoms. The minimum Gasteiger partial charge on any atom is -0.361 e. The van der Waals surface area contributed by atoms with Crippen LogP contribution in [0.3, 0.4) is 0 Å². The van der Waals surface area contributed by atoms with Crippen molar-refractivity contribution in [1.29, 1.82) is 0 Å². The molecule has 2 fully saturated rings. The fraction of sp³-hybridized carbons (Fsp3) is 0.464. The molecule has 1 saturated heterocycles. The largest absolute Gasteiger partial charge is 0.416 e. The van der Waals surface area contributed by atoms with Gasteiger partial charge < -0.3 is 4.90 Å². The quantitative estimate of drug-likeness (QED) is 0.262. The van der Waals surface area contributed by atoms with Crippen LogP contribution in [0.1, 0.15) is 48.8 Å². The Kier molecular flexibility index (Phi) is 7.72. The molecule has 0 radical (unpaired) electrons. The van der Waals surface area contributed by atoms with E-state index >= 15 is 0 Å². The minimum absolute atomic E-state index is 0.00977. The maximum atomic E-state index is 13.8. The van der Waals surface area contributed by atoms with E-state index in [1.54, 1.807) is 0 Å². The summed E-state index contributed by atoms with van der Waals surface area (Å²) in [6.45, 7) is 4.00. The molecule has 5 rings (SSSR count). The number of alkyl halides is 3. The third-order valence-corrected chi connectivity index (χ3v) is 9.02. The third kappa shape index (κ3) is 5.71. The van der Waals surface area contributed by atoms with Crippen molar-refractivity contribution in [2.45, 2.75) is 44.7 Å². The number of halogens is 3. The van der Waals surface area contributed by atoms with Crippen molar-refractivity contribution in [2.24, 2.45) is 5.92 Å². The van der Waals surface area contributed by atoms with Crippen LogP contribution in [0.25, 0.3) is 10.1 Å². The fourth-order valence-electron chi connectivity index (χ4n) is 5.69. The van der Waals surface area contributed by atoms with Crippen molar-refractivity contribution in [3.05, 3.63) is 79.5 Å². The first-order chi connectivity index (χ1) is 18.2. The summed E-state index contributed by atoms with van der Waals surface area (Å²) < 4.78 is 40.7. The van der Waals surface area contributed by atoms with Gasteiger partial charge in [-0.3, -0.25) is 19.8 Å². The lowest BCUT2D eigenvalue weighted by atomic mass is 9.89. The van der Waals surface area contributed by atoms with Gasteiger partial charge in [0.1, 0.15) is 4.70 Å². The van der Waals surface area contributed by atoms with Crippen LogP contribution < -0.4 is 10.3 Å². The van der Waals surface area contributed by atoms with E-state index in [-0.39, 0.29) is 16.5 Å². The van der Waals surface area contributed by atoms with E-state index in [0.29, 0.717) is 35.6 Å². The number of hydrogen-bond donors (Lipinski definition) is 0. The van der Waals surface area contributed by atoms with E-state index in [1.807, 2.05) is 30.3 Å². The number of nitrogens with zero attached hydrogens (tertiary/aromatic N) is 3. The summed E-state index contributed by atoms with van der Waals surface area (Å²) in [6, 6.07) is 10.6. The molecule has 0 unspecified atom stereocenters. The van der Waals surface area contributed by atoms with Crippen molar-refractivity contribution in [3.63, 3.8) is 0 Å². The highest BCUT2D eigenvalue weighted by Crippen LogP contribution is 2.41. The fourth-order valence-corrected chi connectivity index (χ4v) is 6.98. The van der Waals surface area contributed by atoms with Crippen LogP contribution in [0.2, 0.25) is 0 Å². The molecule has 2 aliphatic rings. The highest BCUT2D eigenvalue weighted by atomic mass is 32.1. The van der Waals surface area contributed by atoms with Crippen LogP contribution in [0, 0.1) is 16.0 Å². The molecule has 2 aromatic carbocycles. The van der Waals surface area contributed by atoms with Crippen LogP contribution in [0.5, 0.6) is 0 Å². The Bertz CT molecular complexity index is 1360. The van der Waals surface area contributed by atoms with Gasteiger partial charge in [0.15, 0.2) is 5.43 Å². The van der Waals surface area contributed by atoms with Gasteiger partial charge in [-0.1, -0.05) is 49.6 Å². The number of hydrogen-bond acceptors (Lipinski definition) is 6. The van der Waals surface area contributed by atoms with Gasteiger partial charge in [-0.25, -0.2) is 0 Å². The van der Waals surface area contributed by atoms with Crippen molar-refractivity contribution in [1.82, 2.24) is 4.90 Å². The lowest BCUT2D eigenvalue weighted by Crippen LogP contribution is -2.48. The van der Waals surface area contributed by atoms with Crippen molar-refractivity contribution < 1.29 is 18.1 Å². The second kappa shape index (κ2) is 11.0. The molecule has 3 aromatic rings. The molecule has 0 atom stereocenters. The number of nitro groups is 1. The zero-order chi connectivity index (χ0) is 26.9. The van der Waals surface area contributed by atoms with Crippen LogP contribution in [-0.2, 0) is 12.6 Å². The number of fused-ring (bicyclic) bond motifs is 1. The van der Waals surface area contributed by atoms with Gasteiger partial charge in [-0.2, -0.15) is 13.2 Å². The third-order valence-electron chi connectivity index (χ3n) is 7.69. The van der Waals surface area contributed by atoms with Crippen LogP contribution >= 0.6 is 11.3 Å². The van der Waals surface area contributed by atoms with Gasteiger partial charge >= 0.3 is 6.18 Å². The van der Waals surface area contributed by atoms with Gasteiger partial charge in [-0.05, 0) is 30.4 Å². The Morgan fingerprint density at radius 1 is 1.00 bits per heavy atom. The van der Waals surface area contributed by atoms with Crippen molar-refractivity contribution in [2.75, 3.05) is 37.6 Å². The minimum atomic E-state index is -4.80. The van der Waals surface area contributed by atoms with E-state index in [4.69, 9.17) is 0 Å². The SMILES string of the molecule is O=c1c(Cc2ccccc2)c(N2CCN(CC3CCCCC3)CC2)sc2c([N+](=O)[O-])cc(C(F)(F)F)cc12. The molecule has 0 N–H and O–H groups in total. The molecule has 1 aromatic heterocycles. The molecular weight excluding hydrogens is 515 g/mol. The predicted molar refractivity (Wildman–Crippen MR) is 144 cm³/mol. The maximum absolute atomic E-state index is 13.8. The summed E-state index contributed by atoms with van der Waals surface area (Å²) in [4.78, 5) is 29.3. The summed E-state index contributed by atoms with van der Waals surface area (Å²) in [5.41, 5.74) is -1.19. The van der Waals surface area contributed by atoms with Gasteiger partial charge in [0.05, 0.1) is 15.5 Å². The first-order valence-electron chi connectivity index (χ1n) is 13.1. The highest BCUT2D eigenvalue weighted by molar-refractivity contribution is 7.22. The average molecular weight is 546 g/mol. The Morgan fingerprint density at radius 3 is 2.32 bits per heavy atom. The monoisotopic (exact) mass is 545 g/mol. The number of nitro benzene ring substituents is 1. The highest BCUT2D eigenvalue weighted by Gasteiger charge is 2.35. The summed E-state index contributed by atoms with van der Waals surface area (Å²) in [7, 11) is 0. The number of non-ortho nitro benzene ring substituents is 1. The Balaban J connectivity index is 1.54. The topological polar surface area (TPSA) is 66.7 Å². The molecule has 0 amide bonds. The van der Waals surface area contributed by atoms with Gasteiger partial charge in [-0.15, -0.1) is 11.3 Å². The summed E-state index contributed by atoms with van der Waals surface area (Å²) in [5.74, 6) is 0.714. The smallest absolute Gasteiger partial charge is 0.361 e. The van der Waals surface area contributed by atoms with E-state index < -0.39 is 27.8 Å². The second-order valence-corrected chi connectivity index (χ2v) is 11.3. The molecule has 10 heteroatoms. The van der Waals surface area contributed by atoms with E-state index in [0.717, 1.165) is 42.6 Å². The predicted octanol–water partition coefficient (Wildman–Crippen LogP) is 6.48. The van der Waals surface area contributed by atoms with Gasteiger partial charge in [0.25, 0.3) is 5.69 Å². The second-order valence-electron chi connectivity index (χ2n) is 10.3. The molecule has 202 valence electrons. The standard InChI is InChI=1S/C28H30F3N3O3S/c29-28(30,31)21-16-22-25(35)23(15-19-7-3-1-4-8-19)27(38-26(22)24(17-21)34(36)37)33-13-11-32(12-14-33)18-20-9-5-2-6-10-20/h1,3-4,7-8,16-17,20H,2,5-6,9-15,18H2. The zero-order valence-electron chi connectivity index (χ0n) is 21.0. The zero-order valence-corrected chi connectivity index (χ0v) is 21.8. The van der Waals surface area contributed by atoms with Gasteiger partial charge in [0, 0.05) is 56.2 Å². The van der Waals surface area contributed by atoms with E-state index in [2.05, 4.69) is 9.80 Å². The molecular formula is C28H30F3N3O3S. The summed E-state index contributed by atoms with van der Waals surface area (Å²) in [6.07, 6.45) is 1.85. The molecule has 1 aliphatic carbocycles. The normalized spacial score (nSPS) is 17.7. The van der Waals surface area contributed by atoms with E-state index in [1.165, 1.54) is 32.1 Å². The summed E-state index contributed by atoms with van der Waals surface area (Å²) >= 11 is 1.06. The Hall–Kier alpha value is -2.98.